The number of rotatable bonds is 4. The van der Waals surface area contributed by atoms with E-state index in [-0.39, 0.29) is 17.2 Å². The van der Waals surface area contributed by atoms with E-state index in [1.165, 1.54) is 35.1 Å². The van der Waals surface area contributed by atoms with Crippen molar-refractivity contribution in [1.29, 1.82) is 0 Å². The number of sulfone groups is 1. The van der Waals surface area contributed by atoms with Gasteiger partial charge in [-0.3, -0.25) is 19.9 Å². The summed E-state index contributed by atoms with van der Waals surface area (Å²) in [5.41, 5.74) is 0.693. The average molecular weight is 403 g/mol. The molecule has 0 spiro atoms. The molecule has 0 saturated carbocycles. The van der Waals surface area contributed by atoms with Crippen LogP contribution in [-0.4, -0.2) is 50.1 Å². The Hall–Kier alpha value is -3.14. The zero-order valence-electron chi connectivity index (χ0n) is 14.9. The maximum Gasteiger partial charge on any atom is 0.329 e. The second-order valence-electron chi connectivity index (χ2n) is 6.71. The third-order valence-electron chi connectivity index (χ3n) is 5.04. The summed E-state index contributed by atoms with van der Waals surface area (Å²) in [5, 5.41) is 11.1. The maximum atomic E-state index is 13.2. The van der Waals surface area contributed by atoms with Crippen LogP contribution in [0.15, 0.2) is 48.5 Å². The second kappa shape index (κ2) is 6.48. The fourth-order valence-corrected chi connectivity index (χ4v) is 5.73. The van der Waals surface area contributed by atoms with E-state index in [9.17, 15) is 23.3 Å². The van der Waals surface area contributed by atoms with Crippen molar-refractivity contribution in [3.8, 4) is 5.75 Å². The van der Waals surface area contributed by atoms with Crippen LogP contribution < -0.4 is 14.5 Å². The van der Waals surface area contributed by atoms with Crippen LogP contribution >= 0.6 is 0 Å². The van der Waals surface area contributed by atoms with E-state index in [1.807, 2.05) is 0 Å². The molecule has 9 nitrogen and oxygen atoms in total. The van der Waals surface area contributed by atoms with Crippen LogP contribution in [0.1, 0.15) is 0 Å². The van der Waals surface area contributed by atoms with Gasteiger partial charge in [-0.1, -0.05) is 6.07 Å². The number of carbonyl (C=O) groups is 1. The first-order chi connectivity index (χ1) is 13.3. The Kier molecular flexibility index (Phi) is 4.22. The molecule has 2 fully saturated rings. The number of methoxy groups -OCH3 is 1. The number of hydrogen-bond acceptors (Lipinski definition) is 6. The minimum atomic E-state index is -3.34. The Bertz CT molecular complexity index is 1050. The highest BCUT2D eigenvalue weighted by molar-refractivity contribution is 7.91. The molecule has 0 bridgehead atoms. The van der Waals surface area contributed by atoms with Gasteiger partial charge in [0, 0.05) is 17.8 Å². The first kappa shape index (κ1) is 18.2. The number of fused-ring (bicyclic) bond motifs is 1. The summed E-state index contributed by atoms with van der Waals surface area (Å²) >= 11 is 0. The van der Waals surface area contributed by atoms with Crippen molar-refractivity contribution in [3.05, 3.63) is 58.6 Å². The molecule has 0 radical (unpaired) electrons. The topological polar surface area (TPSA) is 110 Å². The van der Waals surface area contributed by atoms with Crippen molar-refractivity contribution < 1.29 is 22.9 Å². The molecule has 10 heteroatoms. The zero-order chi connectivity index (χ0) is 20.1. The van der Waals surface area contributed by atoms with Gasteiger partial charge < -0.3 is 4.74 Å². The largest absolute Gasteiger partial charge is 0.497 e. The van der Waals surface area contributed by atoms with Gasteiger partial charge in [-0.25, -0.2) is 13.2 Å². The Labute approximate surface area is 161 Å². The molecule has 2 aliphatic rings. The van der Waals surface area contributed by atoms with Gasteiger partial charge in [-0.05, 0) is 30.3 Å². The number of hydrogen-bond donors (Lipinski definition) is 0. The summed E-state index contributed by atoms with van der Waals surface area (Å²) in [4.78, 5) is 26.6. The number of benzene rings is 2. The number of nitrogens with zero attached hydrogens (tertiary/aromatic N) is 3. The van der Waals surface area contributed by atoms with Crippen molar-refractivity contribution in [2.75, 3.05) is 28.4 Å². The second-order valence-corrected chi connectivity index (χ2v) is 8.86. The molecular weight excluding hydrogens is 386 g/mol. The number of carbonyl (C=O) groups excluding carboxylic acids is 1. The Morgan fingerprint density at radius 1 is 1.04 bits per heavy atom. The fraction of sp³-hybridized carbons (Fsp3) is 0.278. The molecule has 2 amide bonds. The molecule has 28 heavy (non-hydrogen) atoms. The molecule has 2 aliphatic heterocycles. The van der Waals surface area contributed by atoms with E-state index < -0.39 is 32.9 Å². The van der Waals surface area contributed by atoms with Crippen LogP contribution in [0, 0.1) is 10.1 Å². The van der Waals surface area contributed by atoms with Crippen LogP contribution in [0.4, 0.5) is 21.9 Å². The van der Waals surface area contributed by atoms with Crippen molar-refractivity contribution in [1.82, 2.24) is 0 Å². The van der Waals surface area contributed by atoms with E-state index in [0.717, 1.165) is 0 Å². The molecule has 0 aliphatic carbocycles. The van der Waals surface area contributed by atoms with Gasteiger partial charge in [0.1, 0.15) is 5.75 Å². The summed E-state index contributed by atoms with van der Waals surface area (Å²) < 4.78 is 29.7. The zero-order valence-corrected chi connectivity index (χ0v) is 15.7. The van der Waals surface area contributed by atoms with Crippen molar-refractivity contribution in [3.63, 3.8) is 0 Å². The third-order valence-corrected chi connectivity index (χ3v) is 6.74. The van der Waals surface area contributed by atoms with Gasteiger partial charge >= 0.3 is 6.03 Å². The number of urea groups is 1. The van der Waals surface area contributed by atoms with E-state index >= 15 is 0 Å². The van der Waals surface area contributed by atoms with Gasteiger partial charge in [0.05, 0.1) is 41.3 Å². The third kappa shape index (κ3) is 2.95. The lowest BCUT2D eigenvalue weighted by molar-refractivity contribution is -0.384. The summed E-state index contributed by atoms with van der Waals surface area (Å²) in [7, 11) is -1.82. The SMILES string of the molecule is COc1ccc(N2C(=O)N(c3cccc([N+](=O)[O-])c3)[C@@H]3CS(=O)(=O)C[C@@H]32)cc1. The van der Waals surface area contributed by atoms with Gasteiger partial charge in [0.2, 0.25) is 0 Å². The minimum Gasteiger partial charge on any atom is -0.497 e. The summed E-state index contributed by atoms with van der Waals surface area (Å²) in [6.07, 6.45) is 0. The smallest absolute Gasteiger partial charge is 0.329 e. The summed E-state index contributed by atoms with van der Waals surface area (Å²) in [6, 6.07) is 10.9. The molecule has 0 N–H and O–H groups in total. The van der Waals surface area contributed by atoms with Crippen molar-refractivity contribution in [2.45, 2.75) is 12.1 Å². The molecule has 2 heterocycles. The molecule has 0 aromatic heterocycles. The number of anilines is 2. The molecule has 2 aromatic carbocycles. The quantitative estimate of drug-likeness (QED) is 0.440. The number of ether oxygens (including phenoxy) is 1. The molecule has 2 saturated heterocycles. The number of non-ortho nitro benzene ring substituents is 1. The van der Waals surface area contributed by atoms with Crippen LogP contribution in [0.2, 0.25) is 0 Å². The molecule has 4 rings (SSSR count). The van der Waals surface area contributed by atoms with Gasteiger partial charge in [-0.2, -0.15) is 0 Å². The molecule has 2 atom stereocenters. The first-order valence-electron chi connectivity index (χ1n) is 8.52. The number of nitro benzene ring substituents is 1. The minimum absolute atomic E-state index is 0.152. The predicted octanol–water partition coefficient (Wildman–Crippen LogP) is 2.22. The molecular formula is C18H17N3O6S. The Morgan fingerprint density at radius 2 is 1.64 bits per heavy atom. The van der Waals surface area contributed by atoms with Crippen LogP contribution in [0.5, 0.6) is 5.75 Å². The van der Waals surface area contributed by atoms with Crippen LogP contribution in [0.3, 0.4) is 0 Å². The Morgan fingerprint density at radius 3 is 2.21 bits per heavy atom. The maximum absolute atomic E-state index is 13.2. The summed E-state index contributed by atoms with van der Waals surface area (Å²) in [6.45, 7) is 0. The highest BCUT2D eigenvalue weighted by Crippen LogP contribution is 2.39. The Balaban J connectivity index is 1.78. The highest BCUT2D eigenvalue weighted by Gasteiger charge is 2.54. The van der Waals surface area contributed by atoms with Gasteiger partial charge in [-0.15, -0.1) is 0 Å². The van der Waals surface area contributed by atoms with Gasteiger partial charge in [0.15, 0.2) is 9.84 Å². The highest BCUT2D eigenvalue weighted by atomic mass is 32.2. The molecule has 146 valence electrons. The lowest BCUT2D eigenvalue weighted by Crippen LogP contribution is -2.37. The normalized spacial score (nSPS) is 23.0. The first-order valence-corrected chi connectivity index (χ1v) is 10.3. The van der Waals surface area contributed by atoms with Crippen LogP contribution in [-0.2, 0) is 9.84 Å². The van der Waals surface area contributed by atoms with Crippen LogP contribution in [0.25, 0.3) is 0 Å². The number of nitro groups is 1. The van der Waals surface area contributed by atoms with Crippen molar-refractivity contribution >= 4 is 32.9 Å². The monoisotopic (exact) mass is 403 g/mol. The lowest BCUT2D eigenvalue weighted by atomic mass is 10.1. The fourth-order valence-electron chi connectivity index (χ4n) is 3.81. The van der Waals surface area contributed by atoms with E-state index in [2.05, 4.69) is 0 Å². The molecule has 0 unspecified atom stereocenters. The number of amides is 2. The predicted molar refractivity (Wildman–Crippen MR) is 103 cm³/mol. The van der Waals surface area contributed by atoms with E-state index in [0.29, 0.717) is 17.1 Å². The van der Waals surface area contributed by atoms with E-state index in [1.54, 1.807) is 30.3 Å². The standard InChI is InChI=1S/C18H17N3O6S/c1-27-15-7-5-12(6-8-15)19-16-10-28(25,26)11-17(16)20(18(19)22)13-3-2-4-14(9-13)21(23)24/h2-9,16-17H,10-11H2,1H3/t16-,17+/m0/s1. The average Bonchev–Trinajstić information content (AvgIpc) is 3.10. The van der Waals surface area contributed by atoms with Gasteiger partial charge in [0.25, 0.3) is 5.69 Å². The molecule has 2 aromatic rings. The lowest BCUT2D eigenvalue weighted by Gasteiger charge is -2.22. The van der Waals surface area contributed by atoms with Crippen molar-refractivity contribution in [2.24, 2.45) is 0 Å². The van der Waals surface area contributed by atoms with E-state index in [4.69, 9.17) is 4.74 Å². The summed E-state index contributed by atoms with van der Waals surface area (Å²) in [5.74, 6) is 0.279.